The maximum absolute atomic E-state index is 13.3. The molecule has 0 spiro atoms. The van der Waals surface area contributed by atoms with Crippen molar-refractivity contribution in [3.63, 3.8) is 0 Å². The number of nitriles is 1. The molecule has 5 rings (SSSR count). The van der Waals surface area contributed by atoms with E-state index in [0.717, 1.165) is 36.2 Å². The van der Waals surface area contributed by atoms with Crippen molar-refractivity contribution in [2.45, 2.75) is 32.0 Å². The van der Waals surface area contributed by atoms with Crippen molar-refractivity contribution in [3.05, 3.63) is 95.1 Å². The van der Waals surface area contributed by atoms with Gasteiger partial charge in [0.2, 0.25) is 0 Å². The highest BCUT2D eigenvalue weighted by Crippen LogP contribution is 2.25. The van der Waals surface area contributed by atoms with E-state index in [1.165, 1.54) is 24.4 Å². The summed E-state index contributed by atoms with van der Waals surface area (Å²) in [5.41, 5.74) is 9.65. The minimum Gasteiger partial charge on any atom is -0.470 e. The van der Waals surface area contributed by atoms with Gasteiger partial charge in [-0.05, 0) is 49.2 Å². The van der Waals surface area contributed by atoms with Crippen LogP contribution in [0.1, 0.15) is 46.4 Å². The molecule has 0 unspecified atom stereocenters. The Hall–Kier alpha value is -5.08. The number of nitrogens with one attached hydrogen (secondary N) is 3. The van der Waals surface area contributed by atoms with Gasteiger partial charge >= 0.3 is 0 Å². The van der Waals surface area contributed by atoms with Gasteiger partial charge < -0.3 is 26.4 Å². The van der Waals surface area contributed by atoms with Crippen molar-refractivity contribution in [3.8, 4) is 23.2 Å². The second-order valence-corrected chi connectivity index (χ2v) is 9.71. The smallest absolute Gasteiger partial charge is 0.258 e. The first-order chi connectivity index (χ1) is 19.9. The number of halogens is 1. The third-order valence-corrected chi connectivity index (χ3v) is 6.75. The van der Waals surface area contributed by atoms with Gasteiger partial charge in [0.25, 0.3) is 11.8 Å². The van der Waals surface area contributed by atoms with Crippen LogP contribution >= 0.6 is 0 Å². The van der Waals surface area contributed by atoms with Gasteiger partial charge in [0.15, 0.2) is 5.82 Å². The highest BCUT2D eigenvalue weighted by Gasteiger charge is 2.20. The van der Waals surface area contributed by atoms with Crippen molar-refractivity contribution in [2.75, 3.05) is 24.1 Å². The molecule has 1 aliphatic rings. The highest BCUT2D eigenvalue weighted by molar-refractivity contribution is 5.99. The first kappa shape index (κ1) is 27.5. The van der Waals surface area contributed by atoms with Crippen molar-refractivity contribution < 1.29 is 13.9 Å². The standard InChI is InChI=1S/C30H29FN8O2/c1-18(21-6-8-23(31)9-7-21)38-29(40)25-12-20(13-32)15-37-28(25)36-14-19-2-4-22(5-3-19)26-17-35-27(33)30(39-26)41-24-10-11-34-16-24/h2-9,12,15,17-18,24,34H,10-11,14,16H2,1H3,(H2,33,35)(H,36,37)(H,38,40)/t18-,24+/m0/s1. The SMILES string of the molecule is C[C@H](NC(=O)c1cc(C#N)cnc1NCc1ccc(-c2cnc(N)c(O[C@@H]3CCNC3)n2)cc1)c1ccc(F)cc1. The Kier molecular flexibility index (Phi) is 8.31. The molecule has 0 aliphatic carbocycles. The zero-order valence-corrected chi connectivity index (χ0v) is 22.4. The number of anilines is 2. The van der Waals surface area contributed by atoms with Crippen molar-refractivity contribution in [1.82, 2.24) is 25.6 Å². The van der Waals surface area contributed by atoms with Crippen LogP contribution in [0, 0.1) is 17.1 Å². The summed E-state index contributed by atoms with van der Waals surface area (Å²) in [4.78, 5) is 26.3. The number of hydrogen-bond donors (Lipinski definition) is 4. The Labute approximate surface area is 236 Å². The Balaban J connectivity index is 1.27. The number of amides is 1. The normalized spacial score (nSPS) is 15.1. The van der Waals surface area contributed by atoms with E-state index in [9.17, 15) is 14.4 Å². The number of pyridine rings is 1. The molecule has 41 heavy (non-hydrogen) atoms. The largest absolute Gasteiger partial charge is 0.470 e. The van der Waals surface area contributed by atoms with E-state index < -0.39 is 5.91 Å². The van der Waals surface area contributed by atoms with Crippen LogP contribution < -0.4 is 26.4 Å². The summed E-state index contributed by atoms with van der Waals surface area (Å²) in [5.74, 6) is 0.161. The fourth-order valence-corrected chi connectivity index (χ4v) is 4.42. The van der Waals surface area contributed by atoms with Gasteiger partial charge in [0.1, 0.15) is 23.8 Å². The van der Waals surface area contributed by atoms with Gasteiger partial charge in [-0.2, -0.15) is 5.26 Å². The van der Waals surface area contributed by atoms with Crippen LogP contribution in [0.5, 0.6) is 5.88 Å². The van der Waals surface area contributed by atoms with Gasteiger partial charge in [-0.1, -0.05) is 36.4 Å². The molecule has 10 nitrogen and oxygen atoms in total. The third kappa shape index (κ3) is 6.74. The predicted molar refractivity (Wildman–Crippen MR) is 152 cm³/mol. The summed E-state index contributed by atoms with van der Waals surface area (Å²) in [6.07, 6.45) is 3.93. The Morgan fingerprint density at radius 3 is 2.68 bits per heavy atom. The van der Waals surface area contributed by atoms with Gasteiger partial charge in [-0.25, -0.2) is 19.3 Å². The molecule has 0 radical (unpaired) electrons. The van der Waals surface area contributed by atoms with Gasteiger partial charge in [0, 0.05) is 24.8 Å². The van der Waals surface area contributed by atoms with Gasteiger partial charge in [-0.3, -0.25) is 4.79 Å². The van der Waals surface area contributed by atoms with E-state index >= 15 is 0 Å². The molecule has 3 heterocycles. The molecule has 2 atom stereocenters. The topological polar surface area (TPSA) is 151 Å². The third-order valence-electron chi connectivity index (χ3n) is 6.75. The number of hydrogen-bond acceptors (Lipinski definition) is 9. The maximum atomic E-state index is 13.3. The maximum Gasteiger partial charge on any atom is 0.258 e. The van der Waals surface area contributed by atoms with Crippen LogP contribution in [0.2, 0.25) is 0 Å². The van der Waals surface area contributed by atoms with Crippen LogP contribution in [-0.2, 0) is 6.54 Å². The summed E-state index contributed by atoms with van der Waals surface area (Å²) in [7, 11) is 0. The molecule has 1 saturated heterocycles. The first-order valence-electron chi connectivity index (χ1n) is 13.2. The van der Waals surface area contributed by atoms with Crippen LogP contribution in [0.4, 0.5) is 16.0 Å². The summed E-state index contributed by atoms with van der Waals surface area (Å²) in [5, 5.41) is 18.7. The molecule has 1 aliphatic heterocycles. The van der Waals surface area contributed by atoms with E-state index in [1.54, 1.807) is 25.3 Å². The molecular weight excluding hydrogens is 523 g/mol. The second-order valence-electron chi connectivity index (χ2n) is 9.71. The van der Waals surface area contributed by atoms with Crippen LogP contribution in [0.3, 0.4) is 0 Å². The Morgan fingerprint density at radius 1 is 1.20 bits per heavy atom. The monoisotopic (exact) mass is 552 g/mol. The number of nitrogens with zero attached hydrogens (tertiary/aromatic N) is 4. The Bertz CT molecular complexity index is 1570. The molecule has 1 amide bonds. The lowest BCUT2D eigenvalue weighted by Crippen LogP contribution is -2.28. The number of benzene rings is 2. The molecule has 4 aromatic rings. The van der Waals surface area contributed by atoms with Crippen molar-refractivity contribution >= 4 is 17.5 Å². The number of rotatable bonds is 9. The average Bonchev–Trinajstić information content (AvgIpc) is 3.51. The number of carbonyl (C=O) groups excluding carboxylic acids is 1. The fourth-order valence-electron chi connectivity index (χ4n) is 4.42. The molecular formula is C30H29FN8O2. The number of carbonyl (C=O) groups is 1. The van der Waals surface area contributed by atoms with E-state index in [4.69, 9.17) is 10.5 Å². The van der Waals surface area contributed by atoms with Crippen molar-refractivity contribution in [1.29, 1.82) is 5.26 Å². The zero-order valence-electron chi connectivity index (χ0n) is 22.4. The first-order valence-corrected chi connectivity index (χ1v) is 13.2. The van der Waals surface area contributed by atoms with Gasteiger partial charge in [0.05, 0.1) is 29.1 Å². The number of ether oxygens (including phenoxy) is 1. The molecule has 2 aromatic heterocycles. The van der Waals surface area contributed by atoms with Crippen LogP contribution in [0.25, 0.3) is 11.3 Å². The summed E-state index contributed by atoms with van der Waals surface area (Å²) < 4.78 is 19.2. The van der Waals surface area contributed by atoms with Gasteiger partial charge in [-0.15, -0.1) is 0 Å². The van der Waals surface area contributed by atoms with E-state index in [0.29, 0.717) is 23.9 Å². The van der Waals surface area contributed by atoms with Crippen LogP contribution in [-0.4, -0.2) is 40.1 Å². The second kappa shape index (κ2) is 12.4. The van der Waals surface area contributed by atoms with E-state index in [1.807, 2.05) is 30.3 Å². The number of aromatic nitrogens is 3. The lowest BCUT2D eigenvalue weighted by atomic mass is 10.1. The summed E-state index contributed by atoms with van der Waals surface area (Å²) >= 11 is 0. The number of nitrogens with two attached hydrogens (primary N) is 1. The lowest BCUT2D eigenvalue weighted by Gasteiger charge is -2.17. The molecule has 0 bridgehead atoms. The predicted octanol–water partition coefficient (Wildman–Crippen LogP) is 3.98. The quantitative estimate of drug-likeness (QED) is 0.242. The minimum absolute atomic E-state index is 0.0178. The minimum atomic E-state index is -0.405. The lowest BCUT2D eigenvalue weighted by molar-refractivity contribution is 0.0940. The molecule has 2 aromatic carbocycles. The van der Waals surface area contributed by atoms with Crippen molar-refractivity contribution in [2.24, 2.45) is 0 Å². The molecule has 5 N–H and O–H groups in total. The average molecular weight is 553 g/mol. The van der Waals surface area contributed by atoms with Crippen LogP contribution in [0.15, 0.2) is 67.0 Å². The van der Waals surface area contributed by atoms with E-state index in [2.05, 4.69) is 30.9 Å². The number of nitrogen functional groups attached to an aromatic ring is 1. The summed E-state index contributed by atoms with van der Waals surface area (Å²) in [6.45, 7) is 3.82. The molecule has 11 heteroatoms. The molecule has 208 valence electrons. The highest BCUT2D eigenvalue weighted by atomic mass is 19.1. The fraction of sp³-hybridized carbons (Fsp3) is 0.233. The molecule has 0 saturated carbocycles. The van der Waals surface area contributed by atoms with E-state index in [-0.39, 0.29) is 34.9 Å². The zero-order chi connectivity index (χ0) is 28.8. The Morgan fingerprint density at radius 2 is 1.98 bits per heavy atom. The molecule has 1 fully saturated rings. The summed E-state index contributed by atoms with van der Waals surface area (Å²) in [6, 6.07) is 16.7.